The molecule has 80 valence electrons. The number of carboxylic acid groups (broad SMARTS) is 1. The number of ether oxygens (including phenoxy) is 1. The molecule has 0 spiro atoms. The lowest BCUT2D eigenvalue weighted by atomic mass is 9.96. The average molecular weight is 271 g/mol. The zero-order valence-electron chi connectivity index (χ0n) is 8.29. The highest BCUT2D eigenvalue weighted by atomic mass is 79.9. The quantitative estimate of drug-likeness (QED) is 0.919. The van der Waals surface area contributed by atoms with E-state index in [1.54, 1.807) is 19.2 Å². The fourth-order valence-electron chi connectivity index (χ4n) is 1.73. The van der Waals surface area contributed by atoms with E-state index in [2.05, 4.69) is 15.9 Å². The minimum Gasteiger partial charge on any atom is -0.497 e. The molecule has 1 aliphatic carbocycles. The number of carbonyl (C=O) groups is 1. The van der Waals surface area contributed by atoms with Crippen LogP contribution in [0.3, 0.4) is 0 Å². The van der Waals surface area contributed by atoms with Crippen LogP contribution in [0.25, 0.3) is 0 Å². The molecule has 0 aromatic heterocycles. The number of halogens is 1. The molecule has 0 radical (unpaired) electrons. The standard InChI is InChI=1S/C11H11BrO3/c1-15-7-2-3-8(9(12)6-7)11(4-5-11)10(13)14/h2-3,6H,4-5H2,1H3,(H,13,14). The summed E-state index contributed by atoms with van der Waals surface area (Å²) in [4.78, 5) is 11.1. The Morgan fingerprint density at radius 3 is 2.60 bits per heavy atom. The van der Waals surface area contributed by atoms with Gasteiger partial charge in [0.05, 0.1) is 12.5 Å². The normalized spacial score (nSPS) is 17.2. The first kappa shape index (κ1) is 10.5. The third kappa shape index (κ3) is 1.63. The Hall–Kier alpha value is -1.03. The van der Waals surface area contributed by atoms with Gasteiger partial charge in [-0.25, -0.2) is 0 Å². The molecule has 0 bridgehead atoms. The van der Waals surface area contributed by atoms with Crippen molar-refractivity contribution in [2.24, 2.45) is 0 Å². The number of aliphatic carboxylic acids is 1. The molecule has 0 heterocycles. The van der Waals surface area contributed by atoms with E-state index in [0.717, 1.165) is 15.8 Å². The molecular weight excluding hydrogens is 260 g/mol. The van der Waals surface area contributed by atoms with Crippen molar-refractivity contribution in [1.82, 2.24) is 0 Å². The van der Waals surface area contributed by atoms with Gasteiger partial charge in [0.25, 0.3) is 0 Å². The molecule has 2 rings (SSSR count). The number of methoxy groups -OCH3 is 1. The second-order valence-corrected chi connectivity index (χ2v) is 4.59. The highest BCUT2D eigenvalue weighted by Crippen LogP contribution is 2.51. The highest BCUT2D eigenvalue weighted by molar-refractivity contribution is 9.10. The molecule has 0 saturated heterocycles. The third-order valence-corrected chi connectivity index (χ3v) is 3.51. The van der Waals surface area contributed by atoms with Crippen LogP contribution >= 0.6 is 15.9 Å². The number of rotatable bonds is 3. The van der Waals surface area contributed by atoms with Crippen LogP contribution in [0, 0.1) is 0 Å². The second-order valence-electron chi connectivity index (χ2n) is 3.73. The topological polar surface area (TPSA) is 46.5 Å². The van der Waals surface area contributed by atoms with Crippen molar-refractivity contribution in [3.8, 4) is 5.75 Å². The van der Waals surface area contributed by atoms with Crippen LogP contribution in [-0.4, -0.2) is 18.2 Å². The van der Waals surface area contributed by atoms with Gasteiger partial charge in [-0.2, -0.15) is 0 Å². The molecule has 1 saturated carbocycles. The lowest BCUT2D eigenvalue weighted by Gasteiger charge is -2.13. The van der Waals surface area contributed by atoms with Crippen molar-refractivity contribution < 1.29 is 14.6 Å². The molecule has 15 heavy (non-hydrogen) atoms. The highest BCUT2D eigenvalue weighted by Gasteiger charge is 2.52. The zero-order valence-corrected chi connectivity index (χ0v) is 9.87. The summed E-state index contributed by atoms with van der Waals surface area (Å²) in [5.74, 6) is -0.0137. The smallest absolute Gasteiger partial charge is 0.314 e. The first-order valence-electron chi connectivity index (χ1n) is 4.67. The van der Waals surface area contributed by atoms with Gasteiger partial charge >= 0.3 is 5.97 Å². The Morgan fingerprint density at radius 1 is 1.53 bits per heavy atom. The molecule has 0 atom stereocenters. The second kappa shape index (κ2) is 3.52. The fourth-order valence-corrected chi connectivity index (χ4v) is 2.47. The van der Waals surface area contributed by atoms with E-state index in [4.69, 9.17) is 9.84 Å². The van der Waals surface area contributed by atoms with Gasteiger partial charge in [-0.15, -0.1) is 0 Å². The monoisotopic (exact) mass is 270 g/mol. The van der Waals surface area contributed by atoms with Crippen LogP contribution < -0.4 is 4.74 Å². The maximum Gasteiger partial charge on any atom is 0.314 e. The largest absolute Gasteiger partial charge is 0.497 e. The van der Waals surface area contributed by atoms with E-state index >= 15 is 0 Å². The minimum atomic E-state index is -0.742. The van der Waals surface area contributed by atoms with Crippen molar-refractivity contribution in [3.05, 3.63) is 28.2 Å². The Morgan fingerprint density at radius 2 is 2.20 bits per heavy atom. The third-order valence-electron chi connectivity index (χ3n) is 2.85. The van der Waals surface area contributed by atoms with Crippen LogP contribution in [-0.2, 0) is 10.2 Å². The summed E-state index contributed by atoms with van der Waals surface area (Å²) in [5, 5.41) is 9.16. The Bertz CT molecular complexity index is 410. The Labute approximate surface area is 96.2 Å². The Balaban J connectivity index is 2.42. The van der Waals surface area contributed by atoms with Gasteiger partial charge in [0.15, 0.2) is 0 Å². The van der Waals surface area contributed by atoms with Gasteiger partial charge in [0.2, 0.25) is 0 Å². The van der Waals surface area contributed by atoms with Crippen molar-refractivity contribution in [3.63, 3.8) is 0 Å². The SMILES string of the molecule is COc1ccc(C2(C(=O)O)CC2)c(Br)c1. The van der Waals surface area contributed by atoms with Gasteiger partial charge in [0, 0.05) is 4.47 Å². The predicted molar refractivity (Wildman–Crippen MR) is 59.2 cm³/mol. The van der Waals surface area contributed by atoms with Crippen LogP contribution in [0.15, 0.2) is 22.7 Å². The molecule has 1 fully saturated rings. The first-order valence-corrected chi connectivity index (χ1v) is 5.47. The summed E-state index contributed by atoms with van der Waals surface area (Å²) < 4.78 is 5.87. The maximum atomic E-state index is 11.1. The summed E-state index contributed by atoms with van der Waals surface area (Å²) in [5.41, 5.74) is 0.182. The average Bonchev–Trinajstić information content (AvgIpc) is 2.98. The molecule has 0 aliphatic heterocycles. The van der Waals surface area contributed by atoms with Crippen LogP contribution in [0.5, 0.6) is 5.75 Å². The van der Waals surface area contributed by atoms with Crippen molar-refractivity contribution in [2.45, 2.75) is 18.3 Å². The molecule has 1 aromatic carbocycles. The number of hydrogen-bond donors (Lipinski definition) is 1. The Kier molecular flexibility index (Phi) is 2.46. The number of benzene rings is 1. The molecule has 1 aromatic rings. The van der Waals surface area contributed by atoms with Crippen LogP contribution in [0.4, 0.5) is 0 Å². The molecule has 4 heteroatoms. The van der Waals surface area contributed by atoms with E-state index in [1.165, 1.54) is 0 Å². The van der Waals surface area contributed by atoms with Crippen LogP contribution in [0.2, 0.25) is 0 Å². The van der Waals surface area contributed by atoms with Crippen molar-refractivity contribution in [1.29, 1.82) is 0 Å². The summed E-state index contributed by atoms with van der Waals surface area (Å²) >= 11 is 3.39. The predicted octanol–water partition coefficient (Wildman–Crippen LogP) is 2.57. The molecule has 1 N–H and O–H groups in total. The van der Waals surface area contributed by atoms with E-state index in [9.17, 15) is 4.79 Å². The van der Waals surface area contributed by atoms with Gasteiger partial charge in [-0.05, 0) is 30.5 Å². The van der Waals surface area contributed by atoms with Gasteiger partial charge in [0.1, 0.15) is 5.75 Å². The number of carboxylic acids is 1. The van der Waals surface area contributed by atoms with E-state index in [0.29, 0.717) is 12.8 Å². The fraction of sp³-hybridized carbons (Fsp3) is 0.364. The van der Waals surface area contributed by atoms with E-state index in [1.807, 2.05) is 6.07 Å². The zero-order chi connectivity index (χ0) is 11.1. The molecule has 0 amide bonds. The summed E-state index contributed by atoms with van der Waals surface area (Å²) in [6.45, 7) is 0. The molecule has 3 nitrogen and oxygen atoms in total. The molecule has 1 aliphatic rings. The van der Waals surface area contributed by atoms with Gasteiger partial charge in [-0.1, -0.05) is 22.0 Å². The summed E-state index contributed by atoms with van der Waals surface area (Å²) in [7, 11) is 1.59. The lowest BCUT2D eigenvalue weighted by molar-refractivity contribution is -0.140. The van der Waals surface area contributed by atoms with Gasteiger partial charge < -0.3 is 9.84 Å². The van der Waals surface area contributed by atoms with Crippen LogP contribution in [0.1, 0.15) is 18.4 Å². The molecular formula is C11H11BrO3. The van der Waals surface area contributed by atoms with Gasteiger partial charge in [-0.3, -0.25) is 4.79 Å². The lowest BCUT2D eigenvalue weighted by Crippen LogP contribution is -2.19. The minimum absolute atomic E-state index is 0.662. The summed E-state index contributed by atoms with van der Waals surface area (Å²) in [6, 6.07) is 5.42. The van der Waals surface area contributed by atoms with Crippen molar-refractivity contribution in [2.75, 3.05) is 7.11 Å². The van der Waals surface area contributed by atoms with Crippen molar-refractivity contribution >= 4 is 21.9 Å². The summed E-state index contributed by atoms with van der Waals surface area (Å²) in [6.07, 6.45) is 1.43. The van der Waals surface area contributed by atoms with E-state index in [-0.39, 0.29) is 0 Å². The number of hydrogen-bond acceptors (Lipinski definition) is 2. The molecule has 0 unspecified atom stereocenters. The maximum absolute atomic E-state index is 11.1. The first-order chi connectivity index (χ1) is 7.10. The van der Waals surface area contributed by atoms with E-state index < -0.39 is 11.4 Å².